The topological polar surface area (TPSA) is 78.4 Å². The van der Waals surface area contributed by atoms with Crippen LogP contribution in [0.3, 0.4) is 0 Å². The van der Waals surface area contributed by atoms with E-state index in [1.54, 1.807) is 18.2 Å². The van der Waals surface area contributed by atoms with E-state index in [0.717, 1.165) is 18.4 Å². The summed E-state index contributed by atoms with van der Waals surface area (Å²) in [6.45, 7) is 5.40. The minimum atomic E-state index is -0.937. The second-order valence-electron chi connectivity index (χ2n) is 5.07. The van der Waals surface area contributed by atoms with Crippen LogP contribution >= 0.6 is 0 Å². The molecule has 0 atom stereocenters. The highest BCUT2D eigenvalue weighted by Gasteiger charge is 2.06. The van der Waals surface area contributed by atoms with Crippen LogP contribution in [0.2, 0.25) is 0 Å². The summed E-state index contributed by atoms with van der Waals surface area (Å²) in [6, 6.07) is 6.59. The average molecular weight is 292 g/mol. The lowest BCUT2D eigenvalue weighted by molar-refractivity contribution is 0.0696. The van der Waals surface area contributed by atoms with Crippen molar-refractivity contribution >= 4 is 12.0 Å². The van der Waals surface area contributed by atoms with Crippen LogP contribution < -0.4 is 10.6 Å². The molecule has 0 saturated carbocycles. The maximum atomic E-state index is 11.6. The molecule has 0 unspecified atom stereocenters. The number of nitrogens with one attached hydrogen (secondary N) is 2. The Balaban J connectivity index is 2.31. The van der Waals surface area contributed by atoms with Gasteiger partial charge in [-0.25, -0.2) is 9.59 Å². The van der Waals surface area contributed by atoms with Crippen molar-refractivity contribution in [3.05, 3.63) is 35.4 Å². The Morgan fingerprint density at radius 3 is 2.52 bits per heavy atom. The monoisotopic (exact) mass is 292 g/mol. The van der Waals surface area contributed by atoms with Gasteiger partial charge in [0.1, 0.15) is 0 Å². The Bertz CT molecular complexity index is 470. The molecule has 1 rings (SSSR count). The predicted octanol–water partition coefficient (Wildman–Crippen LogP) is 2.66. The zero-order valence-corrected chi connectivity index (χ0v) is 12.7. The third-order valence-corrected chi connectivity index (χ3v) is 3.58. The molecular formula is C16H24N2O3. The van der Waals surface area contributed by atoms with Gasteiger partial charge in [-0.05, 0) is 30.0 Å². The van der Waals surface area contributed by atoms with E-state index in [2.05, 4.69) is 24.5 Å². The molecule has 1 aromatic rings. The van der Waals surface area contributed by atoms with Crippen molar-refractivity contribution in [3.63, 3.8) is 0 Å². The maximum Gasteiger partial charge on any atom is 0.335 e. The summed E-state index contributed by atoms with van der Waals surface area (Å²) in [5.41, 5.74) is 1.17. The smallest absolute Gasteiger partial charge is 0.335 e. The molecule has 0 aliphatic rings. The lowest BCUT2D eigenvalue weighted by Crippen LogP contribution is -2.39. The minimum Gasteiger partial charge on any atom is -0.478 e. The number of carboxylic acids is 1. The number of aromatic carboxylic acids is 1. The van der Waals surface area contributed by atoms with Crippen LogP contribution in [0, 0.1) is 5.92 Å². The number of rotatable bonds is 8. The lowest BCUT2D eigenvalue weighted by Gasteiger charge is -2.13. The van der Waals surface area contributed by atoms with Gasteiger partial charge in [0.05, 0.1) is 5.56 Å². The van der Waals surface area contributed by atoms with Gasteiger partial charge in [-0.15, -0.1) is 0 Å². The highest BCUT2D eigenvalue weighted by atomic mass is 16.4. The molecule has 0 aromatic heterocycles. The van der Waals surface area contributed by atoms with Crippen molar-refractivity contribution in [2.75, 3.05) is 13.1 Å². The van der Waals surface area contributed by atoms with Gasteiger partial charge >= 0.3 is 12.0 Å². The van der Waals surface area contributed by atoms with Crippen LogP contribution in [0.4, 0.5) is 4.79 Å². The molecule has 0 spiro atoms. The zero-order valence-electron chi connectivity index (χ0n) is 12.7. The number of benzene rings is 1. The first kappa shape index (κ1) is 17.0. The lowest BCUT2D eigenvalue weighted by atomic mass is 10.0. The average Bonchev–Trinajstić information content (AvgIpc) is 2.48. The molecule has 3 N–H and O–H groups in total. The largest absolute Gasteiger partial charge is 0.478 e. The van der Waals surface area contributed by atoms with E-state index in [1.165, 1.54) is 0 Å². The molecule has 0 saturated heterocycles. The van der Waals surface area contributed by atoms with E-state index in [9.17, 15) is 9.59 Å². The number of hydrogen-bond acceptors (Lipinski definition) is 2. The summed E-state index contributed by atoms with van der Waals surface area (Å²) >= 11 is 0. The summed E-state index contributed by atoms with van der Waals surface area (Å²) in [5.74, 6) is -0.421. The van der Waals surface area contributed by atoms with Crippen LogP contribution in [-0.2, 0) is 6.42 Å². The first-order valence-corrected chi connectivity index (χ1v) is 7.40. The van der Waals surface area contributed by atoms with Gasteiger partial charge in [0, 0.05) is 13.1 Å². The number of carboxylic acid groups (broad SMARTS) is 1. The Kier molecular flexibility index (Phi) is 7.29. The Morgan fingerprint density at radius 2 is 1.90 bits per heavy atom. The molecule has 0 aliphatic heterocycles. The van der Waals surface area contributed by atoms with Gasteiger partial charge in [0.25, 0.3) is 0 Å². The fourth-order valence-corrected chi connectivity index (χ4v) is 2.06. The first-order chi connectivity index (χ1) is 10.1. The van der Waals surface area contributed by atoms with Gasteiger partial charge in [-0.2, -0.15) is 0 Å². The molecule has 0 bridgehead atoms. The molecular weight excluding hydrogens is 268 g/mol. The van der Waals surface area contributed by atoms with E-state index in [1.807, 2.05) is 6.07 Å². The summed E-state index contributed by atoms with van der Waals surface area (Å²) in [7, 11) is 0. The molecule has 0 aliphatic carbocycles. The highest BCUT2D eigenvalue weighted by Crippen LogP contribution is 2.06. The van der Waals surface area contributed by atoms with E-state index >= 15 is 0 Å². The number of amides is 2. The quantitative estimate of drug-likeness (QED) is 0.689. The molecule has 5 nitrogen and oxygen atoms in total. The van der Waals surface area contributed by atoms with Crippen molar-refractivity contribution in [1.82, 2.24) is 10.6 Å². The molecule has 0 radical (unpaired) electrons. The molecule has 21 heavy (non-hydrogen) atoms. The highest BCUT2D eigenvalue weighted by molar-refractivity contribution is 5.87. The van der Waals surface area contributed by atoms with E-state index < -0.39 is 5.97 Å². The van der Waals surface area contributed by atoms with E-state index in [-0.39, 0.29) is 11.6 Å². The van der Waals surface area contributed by atoms with Crippen molar-refractivity contribution in [2.45, 2.75) is 33.1 Å². The van der Waals surface area contributed by atoms with Gasteiger partial charge < -0.3 is 15.7 Å². The number of carbonyl (C=O) groups is 2. The minimum absolute atomic E-state index is 0.170. The SMILES string of the molecule is CCC(CC)CNC(=O)NCCc1cccc(C(=O)O)c1. The first-order valence-electron chi connectivity index (χ1n) is 7.40. The van der Waals surface area contributed by atoms with Crippen LogP contribution in [0.5, 0.6) is 0 Å². The molecule has 116 valence electrons. The van der Waals surface area contributed by atoms with Gasteiger partial charge in [0.15, 0.2) is 0 Å². The molecule has 5 heteroatoms. The molecule has 0 heterocycles. The van der Waals surface area contributed by atoms with Crippen molar-refractivity contribution in [3.8, 4) is 0 Å². The van der Waals surface area contributed by atoms with Crippen LogP contribution in [0.25, 0.3) is 0 Å². The predicted molar refractivity (Wildman–Crippen MR) is 82.6 cm³/mol. The van der Waals surface area contributed by atoms with E-state index in [4.69, 9.17) is 5.11 Å². The fourth-order valence-electron chi connectivity index (χ4n) is 2.06. The second kappa shape index (κ2) is 9.00. The summed E-state index contributed by atoms with van der Waals surface area (Å²) < 4.78 is 0. The third-order valence-electron chi connectivity index (χ3n) is 3.58. The zero-order chi connectivity index (χ0) is 15.7. The Labute approximate surface area is 125 Å². The van der Waals surface area contributed by atoms with Crippen molar-refractivity contribution in [2.24, 2.45) is 5.92 Å². The molecule has 1 aromatic carbocycles. The standard InChI is InChI=1S/C16H24N2O3/c1-3-12(4-2)11-18-16(21)17-9-8-13-6-5-7-14(10-13)15(19)20/h5-7,10,12H,3-4,8-9,11H2,1-2H3,(H,19,20)(H2,17,18,21). The summed E-state index contributed by atoms with van der Waals surface area (Å²) in [4.78, 5) is 22.5. The van der Waals surface area contributed by atoms with Crippen molar-refractivity contribution < 1.29 is 14.7 Å². The second-order valence-corrected chi connectivity index (χ2v) is 5.07. The number of hydrogen-bond donors (Lipinski definition) is 3. The van der Waals surface area contributed by atoms with Crippen LogP contribution in [-0.4, -0.2) is 30.2 Å². The molecule has 0 fully saturated rings. The Hall–Kier alpha value is -2.04. The molecule has 2 amide bonds. The van der Waals surface area contributed by atoms with Crippen molar-refractivity contribution in [1.29, 1.82) is 0 Å². The number of carbonyl (C=O) groups excluding carboxylic acids is 1. The van der Waals surface area contributed by atoms with Crippen LogP contribution in [0.15, 0.2) is 24.3 Å². The third kappa shape index (κ3) is 6.29. The fraction of sp³-hybridized carbons (Fsp3) is 0.500. The van der Waals surface area contributed by atoms with E-state index in [0.29, 0.717) is 25.4 Å². The maximum absolute atomic E-state index is 11.6. The van der Waals surface area contributed by atoms with Gasteiger partial charge in [0.2, 0.25) is 0 Å². The Morgan fingerprint density at radius 1 is 1.19 bits per heavy atom. The summed E-state index contributed by atoms with van der Waals surface area (Å²) in [6.07, 6.45) is 2.72. The van der Waals surface area contributed by atoms with Gasteiger partial charge in [-0.1, -0.05) is 38.8 Å². The van der Waals surface area contributed by atoms with Crippen LogP contribution in [0.1, 0.15) is 42.6 Å². The normalized spacial score (nSPS) is 10.4. The summed E-state index contributed by atoms with van der Waals surface area (Å²) in [5, 5.41) is 14.6. The van der Waals surface area contributed by atoms with Gasteiger partial charge in [-0.3, -0.25) is 0 Å². The number of urea groups is 1.